The molecular weight excluding hydrogens is 373 g/mol. The zero-order valence-corrected chi connectivity index (χ0v) is 15.8. The molecule has 5 rings (SSSR count). The lowest BCUT2D eigenvalue weighted by Crippen LogP contribution is -2.51. The highest BCUT2D eigenvalue weighted by Gasteiger charge is 2.32. The van der Waals surface area contributed by atoms with Gasteiger partial charge in [0, 0.05) is 41.0 Å². The van der Waals surface area contributed by atoms with Crippen LogP contribution in [-0.4, -0.2) is 43.7 Å². The van der Waals surface area contributed by atoms with Gasteiger partial charge < -0.3 is 15.2 Å². The molecule has 0 saturated carbocycles. The monoisotopic (exact) mass is 395 g/mol. The number of phenolic OH excluding ortho intramolecular Hbond substituents is 1. The summed E-state index contributed by atoms with van der Waals surface area (Å²) in [6.07, 6.45) is 8.82. The molecule has 2 aliphatic rings. The summed E-state index contributed by atoms with van der Waals surface area (Å²) >= 11 is 0. The van der Waals surface area contributed by atoms with Crippen molar-refractivity contribution in [2.24, 2.45) is 0 Å². The number of hydrogen-bond donors (Lipinski definition) is 3. The third-order valence-corrected chi connectivity index (χ3v) is 5.77. The minimum atomic E-state index is -0.470. The second-order valence-electron chi connectivity index (χ2n) is 7.80. The van der Waals surface area contributed by atoms with Gasteiger partial charge in [-0.1, -0.05) is 6.42 Å². The van der Waals surface area contributed by atoms with Crippen molar-refractivity contribution < 1.29 is 14.2 Å². The van der Waals surface area contributed by atoms with E-state index in [1.54, 1.807) is 18.3 Å². The van der Waals surface area contributed by atoms with Crippen LogP contribution in [0.1, 0.15) is 32.1 Å². The molecule has 3 N–H and O–H groups in total. The first-order chi connectivity index (χ1) is 14.2. The van der Waals surface area contributed by atoms with E-state index in [1.807, 2.05) is 0 Å². The number of piperidine rings is 2. The van der Waals surface area contributed by atoms with Crippen molar-refractivity contribution >= 4 is 0 Å². The summed E-state index contributed by atoms with van der Waals surface area (Å²) in [5.41, 5.74) is 1.50. The lowest BCUT2D eigenvalue weighted by molar-refractivity contribution is 0.0881. The van der Waals surface area contributed by atoms with Crippen molar-refractivity contribution in [3.8, 4) is 34.0 Å². The summed E-state index contributed by atoms with van der Waals surface area (Å²) in [7, 11) is 0. The Hall–Kier alpha value is -3.00. The minimum Gasteiger partial charge on any atom is -0.507 e. The van der Waals surface area contributed by atoms with Crippen LogP contribution in [-0.2, 0) is 0 Å². The molecule has 7 nitrogen and oxygen atoms in total. The van der Waals surface area contributed by atoms with Gasteiger partial charge >= 0.3 is 0 Å². The number of rotatable bonds is 4. The van der Waals surface area contributed by atoms with Crippen LogP contribution in [0.25, 0.3) is 22.4 Å². The van der Waals surface area contributed by atoms with Crippen LogP contribution in [0.2, 0.25) is 0 Å². The zero-order chi connectivity index (χ0) is 19.8. The van der Waals surface area contributed by atoms with Crippen LogP contribution in [0.15, 0.2) is 36.7 Å². The maximum atomic E-state index is 14.5. The number of ether oxygens (including phenoxy) is 1. The van der Waals surface area contributed by atoms with Crippen molar-refractivity contribution in [2.45, 2.75) is 50.3 Å². The quantitative estimate of drug-likeness (QED) is 0.626. The average Bonchev–Trinajstić information content (AvgIpc) is 3.24. The van der Waals surface area contributed by atoms with Gasteiger partial charge in [0.15, 0.2) is 0 Å². The topological polar surface area (TPSA) is 96.0 Å². The first kappa shape index (κ1) is 18.1. The molecule has 0 spiro atoms. The van der Waals surface area contributed by atoms with Crippen LogP contribution in [0.5, 0.6) is 11.6 Å². The fourth-order valence-corrected chi connectivity index (χ4v) is 4.39. The van der Waals surface area contributed by atoms with Gasteiger partial charge in [0.2, 0.25) is 5.88 Å². The maximum Gasteiger partial charge on any atom is 0.233 e. The molecule has 3 aromatic rings. The predicted octanol–water partition coefficient (Wildman–Crippen LogP) is 3.43. The molecule has 2 unspecified atom stereocenters. The van der Waals surface area contributed by atoms with E-state index in [0.717, 1.165) is 12.8 Å². The molecule has 2 saturated heterocycles. The van der Waals surface area contributed by atoms with E-state index in [0.29, 0.717) is 29.2 Å². The van der Waals surface area contributed by atoms with E-state index in [2.05, 4.69) is 25.7 Å². The molecule has 1 aromatic carbocycles. The molecule has 2 atom stereocenters. The Kier molecular flexibility index (Phi) is 4.63. The molecule has 2 fully saturated rings. The van der Waals surface area contributed by atoms with Crippen molar-refractivity contribution in [3.05, 3.63) is 42.5 Å². The number of aromatic amines is 1. The Morgan fingerprint density at radius 2 is 1.90 bits per heavy atom. The lowest BCUT2D eigenvalue weighted by atomic mass is 9.85. The van der Waals surface area contributed by atoms with Gasteiger partial charge in [-0.3, -0.25) is 5.10 Å². The number of halogens is 1. The number of benzene rings is 1. The number of H-pyrrole nitrogens is 1. The molecule has 29 heavy (non-hydrogen) atoms. The van der Waals surface area contributed by atoms with Crippen molar-refractivity contribution in [2.75, 3.05) is 0 Å². The van der Waals surface area contributed by atoms with Crippen LogP contribution < -0.4 is 10.1 Å². The Labute approximate surface area is 167 Å². The first-order valence-electron chi connectivity index (χ1n) is 9.94. The number of phenols is 1. The Morgan fingerprint density at radius 3 is 2.59 bits per heavy atom. The normalized spacial score (nSPS) is 23.7. The largest absolute Gasteiger partial charge is 0.507 e. The summed E-state index contributed by atoms with van der Waals surface area (Å²) in [5.74, 6) is -0.0898. The van der Waals surface area contributed by atoms with Gasteiger partial charge in [0.1, 0.15) is 17.7 Å². The summed E-state index contributed by atoms with van der Waals surface area (Å²) < 4.78 is 20.6. The second kappa shape index (κ2) is 7.44. The predicted molar refractivity (Wildman–Crippen MR) is 105 cm³/mol. The molecular formula is C21H22FN5O2. The molecule has 0 amide bonds. The van der Waals surface area contributed by atoms with Gasteiger partial charge in [-0.15, -0.1) is 10.2 Å². The molecule has 0 radical (unpaired) electrons. The summed E-state index contributed by atoms with van der Waals surface area (Å²) in [6, 6.07) is 7.09. The number of aromatic hydroxyl groups is 1. The highest BCUT2D eigenvalue weighted by molar-refractivity contribution is 5.74. The maximum absolute atomic E-state index is 14.5. The molecule has 4 heterocycles. The van der Waals surface area contributed by atoms with Crippen molar-refractivity contribution in [1.29, 1.82) is 0 Å². The molecule has 8 heteroatoms. The van der Waals surface area contributed by atoms with E-state index in [4.69, 9.17) is 4.74 Å². The molecule has 150 valence electrons. The molecule has 2 bridgehead atoms. The smallest absolute Gasteiger partial charge is 0.233 e. The Bertz CT molecular complexity index is 981. The number of hydrogen-bond acceptors (Lipinski definition) is 6. The highest BCUT2D eigenvalue weighted by Crippen LogP contribution is 2.35. The standard InChI is InChI=1S/C21H22FN5O2/c22-18-8-17(20(28)9-16(18)12-10-23-24-11-12)19-4-5-21(27-26-19)29-15-6-13-2-1-3-14(7-15)25-13/h4-5,8-11,13-15,25,28H,1-3,6-7H2,(H,23,24). The second-order valence-corrected chi connectivity index (χ2v) is 7.80. The third-order valence-electron chi connectivity index (χ3n) is 5.77. The number of fused-ring (bicyclic) bond motifs is 2. The van der Waals surface area contributed by atoms with E-state index in [9.17, 15) is 9.50 Å². The lowest BCUT2D eigenvalue weighted by Gasteiger charge is -2.39. The fraction of sp³-hybridized carbons (Fsp3) is 0.381. The van der Waals surface area contributed by atoms with Gasteiger partial charge in [-0.05, 0) is 43.9 Å². The number of nitrogens with one attached hydrogen (secondary N) is 2. The van der Waals surface area contributed by atoms with Crippen LogP contribution in [0.4, 0.5) is 4.39 Å². The molecule has 2 aromatic heterocycles. The van der Waals surface area contributed by atoms with Crippen LogP contribution >= 0.6 is 0 Å². The van der Waals surface area contributed by atoms with Crippen LogP contribution in [0.3, 0.4) is 0 Å². The SMILES string of the molecule is Oc1cc(-c2cn[nH]c2)c(F)cc1-c1ccc(OC2CC3CCCC(C2)N3)nn1. The van der Waals surface area contributed by atoms with E-state index < -0.39 is 5.82 Å². The Balaban J connectivity index is 1.33. The fourth-order valence-electron chi connectivity index (χ4n) is 4.39. The summed E-state index contributed by atoms with van der Waals surface area (Å²) in [6.45, 7) is 0. The first-order valence-corrected chi connectivity index (χ1v) is 9.94. The summed E-state index contributed by atoms with van der Waals surface area (Å²) in [5, 5.41) is 28.8. The van der Waals surface area contributed by atoms with Crippen molar-refractivity contribution in [3.63, 3.8) is 0 Å². The van der Waals surface area contributed by atoms with Gasteiger partial charge in [0.05, 0.1) is 11.9 Å². The minimum absolute atomic E-state index is 0.0725. The van der Waals surface area contributed by atoms with Crippen molar-refractivity contribution in [1.82, 2.24) is 25.7 Å². The van der Waals surface area contributed by atoms with Gasteiger partial charge in [0.25, 0.3) is 0 Å². The van der Waals surface area contributed by atoms with Gasteiger partial charge in [-0.25, -0.2) is 4.39 Å². The van der Waals surface area contributed by atoms with E-state index in [-0.39, 0.29) is 23.0 Å². The van der Waals surface area contributed by atoms with Crippen LogP contribution in [0, 0.1) is 5.82 Å². The number of aromatic nitrogens is 4. The van der Waals surface area contributed by atoms with E-state index in [1.165, 1.54) is 37.6 Å². The highest BCUT2D eigenvalue weighted by atomic mass is 19.1. The van der Waals surface area contributed by atoms with Gasteiger partial charge in [-0.2, -0.15) is 5.10 Å². The zero-order valence-electron chi connectivity index (χ0n) is 15.8. The third kappa shape index (κ3) is 3.67. The Morgan fingerprint density at radius 1 is 1.07 bits per heavy atom. The van der Waals surface area contributed by atoms with E-state index >= 15 is 0 Å². The molecule has 0 aliphatic carbocycles. The molecule has 2 aliphatic heterocycles. The average molecular weight is 395 g/mol. The number of nitrogens with zero attached hydrogens (tertiary/aromatic N) is 3. The summed E-state index contributed by atoms with van der Waals surface area (Å²) in [4.78, 5) is 0.